The van der Waals surface area contributed by atoms with Gasteiger partial charge >= 0.3 is 0 Å². The average Bonchev–Trinajstić information content (AvgIpc) is 2.69. The highest BCUT2D eigenvalue weighted by atomic mass is 15.2. The van der Waals surface area contributed by atoms with Crippen molar-refractivity contribution >= 4 is 22.3 Å². The third-order valence-corrected chi connectivity index (χ3v) is 4.11. The molecule has 1 aliphatic heterocycles. The van der Waals surface area contributed by atoms with Gasteiger partial charge in [-0.3, -0.25) is 4.98 Å². The van der Waals surface area contributed by atoms with Crippen LogP contribution in [0.25, 0.3) is 10.9 Å². The van der Waals surface area contributed by atoms with E-state index >= 15 is 0 Å². The van der Waals surface area contributed by atoms with Gasteiger partial charge in [-0.15, -0.1) is 0 Å². The van der Waals surface area contributed by atoms with Gasteiger partial charge in [-0.05, 0) is 24.0 Å². The zero-order valence-corrected chi connectivity index (χ0v) is 10.9. The molecule has 1 aromatic carbocycles. The van der Waals surface area contributed by atoms with Gasteiger partial charge < -0.3 is 10.6 Å². The summed E-state index contributed by atoms with van der Waals surface area (Å²) in [6, 6.07) is 8.13. The fraction of sp³-hybridized carbons (Fsp3) is 0.400. The second-order valence-electron chi connectivity index (χ2n) is 5.43. The molecule has 0 saturated carbocycles. The molecule has 3 rings (SSSR count). The molecule has 1 saturated heterocycles. The predicted molar refractivity (Wildman–Crippen MR) is 76.7 cm³/mol. The summed E-state index contributed by atoms with van der Waals surface area (Å²) in [6.45, 7) is 6.88. The maximum Gasteiger partial charge on any atom is 0.0951 e. The second-order valence-corrected chi connectivity index (χ2v) is 5.43. The molecule has 0 spiro atoms. The van der Waals surface area contributed by atoms with Crippen LogP contribution >= 0.6 is 0 Å². The van der Waals surface area contributed by atoms with Gasteiger partial charge in [-0.25, -0.2) is 0 Å². The van der Waals surface area contributed by atoms with E-state index in [-0.39, 0.29) is 0 Å². The van der Waals surface area contributed by atoms with Crippen molar-refractivity contribution in [1.82, 2.24) is 4.98 Å². The molecule has 2 atom stereocenters. The number of benzene rings is 1. The van der Waals surface area contributed by atoms with Crippen LogP contribution in [0.1, 0.15) is 13.8 Å². The van der Waals surface area contributed by atoms with Gasteiger partial charge in [0.05, 0.1) is 11.2 Å². The Labute approximate surface area is 108 Å². The molecule has 18 heavy (non-hydrogen) atoms. The number of fused-ring (bicyclic) bond motifs is 1. The van der Waals surface area contributed by atoms with Crippen LogP contribution < -0.4 is 10.6 Å². The van der Waals surface area contributed by atoms with E-state index in [9.17, 15) is 0 Å². The number of nitrogen functional groups attached to an aromatic ring is 1. The zero-order chi connectivity index (χ0) is 12.7. The van der Waals surface area contributed by atoms with Crippen molar-refractivity contribution in [2.45, 2.75) is 13.8 Å². The monoisotopic (exact) mass is 241 g/mol. The van der Waals surface area contributed by atoms with Crippen molar-refractivity contribution in [2.75, 3.05) is 23.7 Å². The number of nitrogens with zero attached hydrogens (tertiary/aromatic N) is 2. The van der Waals surface area contributed by atoms with Gasteiger partial charge in [-0.1, -0.05) is 26.0 Å². The van der Waals surface area contributed by atoms with Gasteiger partial charge in [0.1, 0.15) is 0 Å². The quantitative estimate of drug-likeness (QED) is 0.781. The lowest BCUT2D eigenvalue weighted by atomic mass is 10.0. The minimum atomic E-state index is 0.745. The molecule has 0 bridgehead atoms. The van der Waals surface area contributed by atoms with Crippen molar-refractivity contribution in [2.24, 2.45) is 11.8 Å². The van der Waals surface area contributed by atoms with Crippen molar-refractivity contribution < 1.29 is 0 Å². The molecule has 0 amide bonds. The summed E-state index contributed by atoms with van der Waals surface area (Å²) in [4.78, 5) is 6.86. The Bertz CT molecular complexity index is 569. The van der Waals surface area contributed by atoms with E-state index in [2.05, 4.69) is 35.9 Å². The van der Waals surface area contributed by atoms with Crippen LogP contribution in [0.4, 0.5) is 11.4 Å². The maximum atomic E-state index is 6.00. The molecule has 2 N–H and O–H groups in total. The van der Waals surface area contributed by atoms with Crippen molar-refractivity contribution in [3.05, 3.63) is 30.5 Å². The first-order valence-corrected chi connectivity index (χ1v) is 6.55. The first kappa shape index (κ1) is 11.3. The van der Waals surface area contributed by atoms with E-state index in [0.717, 1.165) is 36.1 Å². The molecule has 1 fully saturated rings. The Kier molecular flexibility index (Phi) is 2.62. The third kappa shape index (κ3) is 1.70. The summed E-state index contributed by atoms with van der Waals surface area (Å²) in [5, 5.41) is 1.17. The number of para-hydroxylation sites is 1. The van der Waals surface area contributed by atoms with E-state index in [1.807, 2.05) is 18.3 Å². The summed E-state index contributed by atoms with van der Waals surface area (Å²) in [7, 11) is 0. The summed E-state index contributed by atoms with van der Waals surface area (Å²) in [5.74, 6) is 1.49. The van der Waals surface area contributed by atoms with E-state index < -0.39 is 0 Å². The standard InChI is InChI=1S/C15H19N3/c1-10-8-18(9-11(10)2)14-6-7-17-15-12(14)4-3-5-13(15)16/h3-7,10-11H,8-9,16H2,1-2H3. The maximum absolute atomic E-state index is 6.00. The molecule has 3 heteroatoms. The molecule has 2 unspecified atom stereocenters. The normalized spacial score (nSPS) is 23.8. The Hall–Kier alpha value is -1.77. The first-order valence-electron chi connectivity index (χ1n) is 6.55. The first-order chi connectivity index (χ1) is 8.66. The molecular weight excluding hydrogens is 222 g/mol. The highest BCUT2D eigenvalue weighted by Gasteiger charge is 2.27. The Balaban J connectivity index is 2.10. The van der Waals surface area contributed by atoms with Gasteiger partial charge in [0.15, 0.2) is 0 Å². The fourth-order valence-electron chi connectivity index (χ4n) is 2.79. The number of aromatic nitrogens is 1. The molecule has 1 aromatic heterocycles. The lowest BCUT2D eigenvalue weighted by molar-refractivity contribution is 0.494. The van der Waals surface area contributed by atoms with Gasteiger partial charge in [0, 0.05) is 30.4 Å². The summed E-state index contributed by atoms with van der Waals surface area (Å²) in [6.07, 6.45) is 1.86. The van der Waals surface area contributed by atoms with E-state index in [1.54, 1.807) is 0 Å². The number of nitrogens with two attached hydrogens (primary N) is 1. The van der Waals surface area contributed by atoms with Gasteiger partial charge in [0.2, 0.25) is 0 Å². The van der Waals surface area contributed by atoms with Crippen LogP contribution in [0.2, 0.25) is 0 Å². The smallest absolute Gasteiger partial charge is 0.0951 e. The Morgan fingerprint density at radius 2 is 1.89 bits per heavy atom. The lowest BCUT2D eigenvalue weighted by Gasteiger charge is -2.20. The van der Waals surface area contributed by atoms with Crippen molar-refractivity contribution in [3.8, 4) is 0 Å². The Morgan fingerprint density at radius 3 is 2.61 bits per heavy atom. The minimum Gasteiger partial charge on any atom is -0.397 e. The highest BCUT2D eigenvalue weighted by molar-refractivity contribution is 5.98. The van der Waals surface area contributed by atoms with Crippen LogP contribution in [0.15, 0.2) is 30.5 Å². The second kappa shape index (κ2) is 4.16. The van der Waals surface area contributed by atoms with Crippen LogP contribution in [-0.2, 0) is 0 Å². The molecule has 0 radical (unpaired) electrons. The largest absolute Gasteiger partial charge is 0.397 e. The number of hydrogen-bond acceptors (Lipinski definition) is 3. The molecule has 0 aliphatic carbocycles. The van der Waals surface area contributed by atoms with Crippen molar-refractivity contribution in [1.29, 1.82) is 0 Å². The summed E-state index contributed by atoms with van der Waals surface area (Å²) in [5.41, 5.74) is 8.94. The van der Waals surface area contributed by atoms with E-state index in [0.29, 0.717) is 0 Å². The van der Waals surface area contributed by atoms with Crippen LogP contribution in [0.3, 0.4) is 0 Å². The third-order valence-electron chi connectivity index (χ3n) is 4.11. The summed E-state index contributed by atoms with van der Waals surface area (Å²) >= 11 is 0. The van der Waals surface area contributed by atoms with E-state index in [1.165, 1.54) is 11.1 Å². The number of pyridine rings is 1. The van der Waals surface area contributed by atoms with E-state index in [4.69, 9.17) is 5.73 Å². The fourth-order valence-corrected chi connectivity index (χ4v) is 2.79. The zero-order valence-electron chi connectivity index (χ0n) is 10.9. The molecule has 94 valence electrons. The number of hydrogen-bond donors (Lipinski definition) is 1. The van der Waals surface area contributed by atoms with Gasteiger partial charge in [0.25, 0.3) is 0 Å². The Morgan fingerprint density at radius 1 is 1.17 bits per heavy atom. The minimum absolute atomic E-state index is 0.745. The van der Waals surface area contributed by atoms with Crippen LogP contribution in [-0.4, -0.2) is 18.1 Å². The average molecular weight is 241 g/mol. The van der Waals surface area contributed by atoms with Crippen LogP contribution in [0.5, 0.6) is 0 Å². The topological polar surface area (TPSA) is 42.2 Å². The number of rotatable bonds is 1. The molecular formula is C15H19N3. The highest BCUT2D eigenvalue weighted by Crippen LogP contribution is 2.33. The molecule has 2 heterocycles. The summed E-state index contributed by atoms with van der Waals surface area (Å²) < 4.78 is 0. The molecule has 2 aromatic rings. The number of anilines is 2. The van der Waals surface area contributed by atoms with Gasteiger partial charge in [-0.2, -0.15) is 0 Å². The van der Waals surface area contributed by atoms with Crippen LogP contribution in [0, 0.1) is 11.8 Å². The lowest BCUT2D eigenvalue weighted by Crippen LogP contribution is -2.19. The molecule has 1 aliphatic rings. The SMILES string of the molecule is CC1CN(c2ccnc3c(N)cccc23)CC1C. The molecule has 3 nitrogen and oxygen atoms in total. The predicted octanol–water partition coefficient (Wildman–Crippen LogP) is 2.91. The van der Waals surface area contributed by atoms with Crippen molar-refractivity contribution in [3.63, 3.8) is 0 Å².